The van der Waals surface area contributed by atoms with E-state index in [0.29, 0.717) is 28.6 Å². The highest BCUT2D eigenvalue weighted by molar-refractivity contribution is 6.29. The predicted octanol–water partition coefficient (Wildman–Crippen LogP) is 1.98. The van der Waals surface area contributed by atoms with Crippen LogP contribution in [0.3, 0.4) is 0 Å². The van der Waals surface area contributed by atoms with Crippen LogP contribution >= 0.6 is 11.6 Å². The molecule has 1 fully saturated rings. The highest BCUT2D eigenvalue weighted by Crippen LogP contribution is 2.30. The molecule has 1 saturated carbocycles. The van der Waals surface area contributed by atoms with Crippen molar-refractivity contribution >= 4 is 40.2 Å². The summed E-state index contributed by atoms with van der Waals surface area (Å²) >= 11 is 5.92. The Labute approximate surface area is 121 Å². The summed E-state index contributed by atoms with van der Waals surface area (Å²) in [4.78, 5) is 17.3. The van der Waals surface area contributed by atoms with Crippen molar-refractivity contribution in [2.75, 3.05) is 36.6 Å². The fourth-order valence-electron chi connectivity index (χ4n) is 1.97. The van der Waals surface area contributed by atoms with Crippen LogP contribution in [-0.4, -0.2) is 40.6 Å². The summed E-state index contributed by atoms with van der Waals surface area (Å²) in [5.74, 6) is 2.55. The second kappa shape index (κ2) is 5.24. The van der Waals surface area contributed by atoms with Gasteiger partial charge < -0.3 is 16.0 Å². The van der Waals surface area contributed by atoms with E-state index in [1.807, 2.05) is 0 Å². The third kappa shape index (κ3) is 2.53. The number of aromatic nitrogens is 4. The Morgan fingerprint density at radius 2 is 1.65 bits per heavy atom. The fraction of sp³-hybridized carbons (Fsp3) is 0.500. The molecule has 1 aliphatic rings. The smallest absolute Gasteiger partial charge is 0.225 e. The highest BCUT2D eigenvalue weighted by Gasteiger charge is 2.21. The molecule has 3 N–H and O–H groups in total. The maximum atomic E-state index is 5.92. The highest BCUT2D eigenvalue weighted by atomic mass is 35.5. The second-order valence-corrected chi connectivity index (χ2v) is 5.10. The molecule has 2 aromatic rings. The van der Waals surface area contributed by atoms with Crippen molar-refractivity contribution in [1.29, 1.82) is 0 Å². The molecule has 3 rings (SSSR count). The van der Waals surface area contributed by atoms with E-state index in [-0.39, 0.29) is 5.28 Å². The molecule has 0 radical (unpaired) electrons. The molecule has 0 spiro atoms. The van der Waals surface area contributed by atoms with E-state index in [1.54, 1.807) is 14.1 Å². The van der Waals surface area contributed by atoms with Crippen LogP contribution in [0, 0.1) is 5.92 Å². The minimum absolute atomic E-state index is 0.167. The van der Waals surface area contributed by atoms with Crippen LogP contribution in [0.5, 0.6) is 0 Å². The number of nitrogens with one attached hydrogen (secondary N) is 3. The molecule has 7 nitrogen and oxygen atoms in total. The number of hydrogen-bond donors (Lipinski definition) is 3. The molecule has 0 aromatic carbocycles. The number of fused-ring (bicyclic) bond motifs is 1. The molecule has 2 heterocycles. The number of rotatable bonds is 5. The molecular weight excluding hydrogens is 278 g/mol. The Balaban J connectivity index is 2.07. The fourth-order valence-corrected chi connectivity index (χ4v) is 2.14. The molecule has 0 unspecified atom stereocenters. The monoisotopic (exact) mass is 293 g/mol. The number of halogens is 1. The minimum atomic E-state index is 0.167. The van der Waals surface area contributed by atoms with Gasteiger partial charge >= 0.3 is 0 Å². The van der Waals surface area contributed by atoms with Crippen LogP contribution < -0.4 is 16.0 Å². The van der Waals surface area contributed by atoms with Gasteiger partial charge in [0.15, 0.2) is 11.6 Å². The summed E-state index contributed by atoms with van der Waals surface area (Å²) in [5.41, 5.74) is 1.25. The minimum Gasteiger partial charge on any atom is -0.371 e. The van der Waals surface area contributed by atoms with Gasteiger partial charge in [0.05, 0.1) is 0 Å². The molecule has 106 valence electrons. The quantitative estimate of drug-likeness (QED) is 0.726. The summed E-state index contributed by atoms with van der Waals surface area (Å²) in [6, 6.07) is 0. The van der Waals surface area contributed by atoms with E-state index in [2.05, 4.69) is 35.9 Å². The summed E-state index contributed by atoms with van der Waals surface area (Å²) in [7, 11) is 3.57. The van der Waals surface area contributed by atoms with Crippen molar-refractivity contribution in [3.8, 4) is 0 Å². The average molecular weight is 294 g/mol. The Kier molecular flexibility index (Phi) is 3.43. The van der Waals surface area contributed by atoms with Crippen molar-refractivity contribution in [2.24, 2.45) is 5.92 Å². The van der Waals surface area contributed by atoms with Gasteiger partial charge in [0, 0.05) is 20.6 Å². The van der Waals surface area contributed by atoms with Gasteiger partial charge in [-0.1, -0.05) is 0 Å². The van der Waals surface area contributed by atoms with E-state index >= 15 is 0 Å². The third-order valence-corrected chi connectivity index (χ3v) is 3.40. The van der Waals surface area contributed by atoms with Gasteiger partial charge in [0.2, 0.25) is 11.2 Å². The number of nitrogens with zero attached hydrogens (tertiary/aromatic N) is 4. The van der Waals surface area contributed by atoms with Crippen molar-refractivity contribution < 1.29 is 0 Å². The summed E-state index contributed by atoms with van der Waals surface area (Å²) in [6.07, 6.45) is 2.56. The first-order valence-electron chi connectivity index (χ1n) is 6.56. The van der Waals surface area contributed by atoms with Gasteiger partial charge in [-0.3, -0.25) is 0 Å². The zero-order chi connectivity index (χ0) is 14.1. The normalized spacial score (nSPS) is 14.3. The van der Waals surface area contributed by atoms with Gasteiger partial charge in [0.1, 0.15) is 11.0 Å². The zero-order valence-corrected chi connectivity index (χ0v) is 12.1. The van der Waals surface area contributed by atoms with E-state index < -0.39 is 0 Å². The van der Waals surface area contributed by atoms with Crippen LogP contribution in [0.4, 0.5) is 17.6 Å². The Morgan fingerprint density at radius 3 is 2.30 bits per heavy atom. The van der Waals surface area contributed by atoms with E-state index in [0.717, 1.165) is 12.5 Å². The van der Waals surface area contributed by atoms with Crippen LogP contribution in [-0.2, 0) is 0 Å². The lowest BCUT2D eigenvalue weighted by Crippen LogP contribution is -2.10. The molecule has 2 aromatic heterocycles. The SMILES string of the molecule is CNc1nc(NCC2CC2)nc2c(NC)nc(Cl)nc12. The van der Waals surface area contributed by atoms with Crippen molar-refractivity contribution in [2.45, 2.75) is 12.8 Å². The van der Waals surface area contributed by atoms with Gasteiger partial charge in [-0.25, -0.2) is 9.97 Å². The molecule has 0 saturated heterocycles. The van der Waals surface area contributed by atoms with Gasteiger partial charge in [0.25, 0.3) is 0 Å². The number of hydrogen-bond acceptors (Lipinski definition) is 7. The summed E-state index contributed by atoms with van der Waals surface area (Å²) < 4.78 is 0. The molecule has 0 atom stereocenters. The zero-order valence-electron chi connectivity index (χ0n) is 11.4. The third-order valence-electron chi connectivity index (χ3n) is 3.24. The number of anilines is 3. The maximum absolute atomic E-state index is 5.92. The summed E-state index contributed by atoms with van der Waals surface area (Å²) in [5, 5.41) is 9.44. The molecule has 20 heavy (non-hydrogen) atoms. The standard InChI is InChI=1S/C12H16ClN7/c1-14-9-8-7(17-11(13)19-9)10(15-2)20-12(18-8)16-5-6-3-4-6/h6H,3-5H2,1-2H3,(H,14,17,19)(H2,15,16,18,20). The van der Waals surface area contributed by atoms with Crippen molar-refractivity contribution in [1.82, 2.24) is 19.9 Å². The van der Waals surface area contributed by atoms with Crippen LogP contribution in [0.15, 0.2) is 0 Å². The Hall–Kier alpha value is -1.89. The van der Waals surface area contributed by atoms with Crippen LogP contribution in [0.2, 0.25) is 5.28 Å². The molecular formula is C12H16ClN7. The first-order chi connectivity index (χ1) is 9.71. The van der Waals surface area contributed by atoms with Gasteiger partial charge in [-0.15, -0.1) is 0 Å². The van der Waals surface area contributed by atoms with Crippen molar-refractivity contribution in [3.05, 3.63) is 5.28 Å². The Morgan fingerprint density at radius 1 is 1.00 bits per heavy atom. The van der Waals surface area contributed by atoms with E-state index in [1.165, 1.54) is 12.8 Å². The predicted molar refractivity (Wildman–Crippen MR) is 80.4 cm³/mol. The lowest BCUT2D eigenvalue weighted by molar-refractivity contribution is 0.875. The topological polar surface area (TPSA) is 87.7 Å². The van der Waals surface area contributed by atoms with E-state index in [4.69, 9.17) is 11.6 Å². The maximum Gasteiger partial charge on any atom is 0.225 e. The lowest BCUT2D eigenvalue weighted by atomic mass is 10.3. The average Bonchev–Trinajstić information content (AvgIpc) is 3.27. The summed E-state index contributed by atoms with van der Waals surface area (Å²) in [6.45, 7) is 0.901. The molecule has 8 heteroatoms. The van der Waals surface area contributed by atoms with E-state index in [9.17, 15) is 0 Å². The molecule has 0 bridgehead atoms. The van der Waals surface area contributed by atoms with Gasteiger partial charge in [-0.05, 0) is 30.4 Å². The first kappa shape index (κ1) is 13.1. The Bertz CT molecular complexity index is 641. The first-order valence-corrected chi connectivity index (χ1v) is 6.93. The largest absolute Gasteiger partial charge is 0.371 e. The molecule has 1 aliphatic carbocycles. The van der Waals surface area contributed by atoms with Gasteiger partial charge in [-0.2, -0.15) is 9.97 Å². The van der Waals surface area contributed by atoms with Crippen LogP contribution in [0.1, 0.15) is 12.8 Å². The molecule has 0 amide bonds. The molecule has 0 aliphatic heterocycles. The lowest BCUT2D eigenvalue weighted by Gasteiger charge is -2.11. The van der Waals surface area contributed by atoms with Crippen molar-refractivity contribution in [3.63, 3.8) is 0 Å². The second-order valence-electron chi connectivity index (χ2n) is 4.76. The van der Waals surface area contributed by atoms with Crippen LogP contribution in [0.25, 0.3) is 11.0 Å².